The molecule has 0 aliphatic heterocycles. The molecule has 0 fully saturated rings. The molecule has 0 bridgehead atoms. The molecule has 0 radical (unpaired) electrons. The van der Waals surface area contributed by atoms with Crippen LogP contribution >= 0.6 is 22.7 Å². The number of rotatable bonds is 5. The van der Waals surface area contributed by atoms with Crippen LogP contribution < -0.4 is 10.6 Å². The van der Waals surface area contributed by atoms with Crippen molar-refractivity contribution in [3.05, 3.63) is 36.9 Å². The maximum Gasteiger partial charge on any atom is 0.341 e. The molecule has 2 aromatic rings. The van der Waals surface area contributed by atoms with Gasteiger partial charge in [-0.25, -0.2) is 9.59 Å². The first-order valence-electron chi connectivity index (χ1n) is 12.3. The Morgan fingerprint density at radius 1 is 0.909 bits per heavy atom. The predicted octanol–water partition coefficient (Wildman–Crippen LogP) is 6.80. The molecule has 0 unspecified atom stereocenters. The van der Waals surface area contributed by atoms with E-state index in [1.54, 1.807) is 11.3 Å². The van der Waals surface area contributed by atoms with E-state index in [0.717, 1.165) is 44.1 Å². The van der Waals surface area contributed by atoms with Crippen LogP contribution in [0.1, 0.15) is 101 Å². The molecule has 2 N–H and O–H groups in total. The molecule has 0 spiro atoms. The van der Waals surface area contributed by atoms with E-state index in [1.165, 1.54) is 51.4 Å². The number of hydrogen-bond acceptors (Lipinski definition) is 5. The van der Waals surface area contributed by atoms with Gasteiger partial charge in [0.25, 0.3) is 0 Å². The second-order valence-electron chi connectivity index (χ2n) is 10.0. The zero-order valence-electron chi connectivity index (χ0n) is 20.3. The van der Waals surface area contributed by atoms with Gasteiger partial charge < -0.3 is 10.1 Å². The third-order valence-electron chi connectivity index (χ3n) is 6.36. The van der Waals surface area contributed by atoms with Gasteiger partial charge in [0, 0.05) is 21.2 Å². The van der Waals surface area contributed by atoms with Crippen LogP contribution in [0.3, 0.4) is 0 Å². The van der Waals surface area contributed by atoms with E-state index >= 15 is 0 Å². The van der Waals surface area contributed by atoms with Crippen molar-refractivity contribution in [2.75, 3.05) is 5.32 Å². The number of amides is 2. The lowest BCUT2D eigenvalue weighted by Crippen LogP contribution is -2.30. The molecule has 0 atom stereocenters. The number of carbonyl (C=O) groups excluding carboxylic acids is 2. The number of esters is 1. The Kier molecular flexibility index (Phi) is 7.49. The third kappa shape index (κ3) is 5.62. The number of ether oxygens (including phenoxy) is 1. The van der Waals surface area contributed by atoms with Gasteiger partial charge in [-0.05, 0) is 95.2 Å². The Labute approximate surface area is 205 Å². The standard InChI is InChI=1S/C26H36N2O3S2/c1-5-19-18(16-11-9-10-14-20(16)32-19)15-27-25(30)28-23-22(24(29)31-26(2,3)4)17-12-7-6-8-13-21(17)33-23/h5-15H2,1-4H3,(H2,27,28,30). The fraction of sp³-hybridized carbons (Fsp3) is 0.615. The Morgan fingerprint density at radius 2 is 1.55 bits per heavy atom. The number of anilines is 1. The summed E-state index contributed by atoms with van der Waals surface area (Å²) >= 11 is 3.46. The quantitative estimate of drug-likeness (QED) is 0.359. The minimum atomic E-state index is -0.579. The molecule has 4 rings (SSSR count). The van der Waals surface area contributed by atoms with Gasteiger partial charge in [0.2, 0.25) is 0 Å². The topological polar surface area (TPSA) is 67.4 Å². The van der Waals surface area contributed by atoms with Crippen LogP contribution in [-0.4, -0.2) is 17.6 Å². The van der Waals surface area contributed by atoms with Crippen molar-refractivity contribution in [2.24, 2.45) is 0 Å². The van der Waals surface area contributed by atoms with E-state index in [-0.39, 0.29) is 12.0 Å². The lowest BCUT2D eigenvalue weighted by atomic mass is 9.94. The van der Waals surface area contributed by atoms with Crippen molar-refractivity contribution in [1.29, 1.82) is 0 Å². The molecule has 5 nitrogen and oxygen atoms in total. The zero-order chi connectivity index (χ0) is 23.6. The maximum atomic E-state index is 13.1. The van der Waals surface area contributed by atoms with Crippen LogP contribution in [-0.2, 0) is 43.4 Å². The van der Waals surface area contributed by atoms with Crippen LogP contribution in [0.2, 0.25) is 0 Å². The van der Waals surface area contributed by atoms with Crippen LogP contribution in [0.5, 0.6) is 0 Å². The van der Waals surface area contributed by atoms with Gasteiger partial charge >= 0.3 is 12.0 Å². The van der Waals surface area contributed by atoms with Gasteiger partial charge in [-0.3, -0.25) is 5.32 Å². The summed E-state index contributed by atoms with van der Waals surface area (Å²) in [5.74, 6) is -0.336. The first-order valence-corrected chi connectivity index (χ1v) is 13.9. The summed E-state index contributed by atoms with van der Waals surface area (Å²) in [4.78, 5) is 30.2. The summed E-state index contributed by atoms with van der Waals surface area (Å²) in [7, 11) is 0. The highest BCUT2D eigenvalue weighted by atomic mass is 32.1. The summed E-state index contributed by atoms with van der Waals surface area (Å²) in [5, 5.41) is 6.70. The van der Waals surface area contributed by atoms with E-state index in [2.05, 4.69) is 17.6 Å². The molecule has 2 aliphatic rings. The molecule has 180 valence electrons. The molecule has 2 aromatic heterocycles. The molecule has 2 heterocycles. The zero-order valence-corrected chi connectivity index (χ0v) is 22.0. The third-order valence-corrected chi connectivity index (χ3v) is 9.05. The van der Waals surface area contributed by atoms with E-state index in [9.17, 15) is 9.59 Å². The van der Waals surface area contributed by atoms with E-state index in [4.69, 9.17) is 4.74 Å². The molecule has 7 heteroatoms. The summed E-state index contributed by atoms with van der Waals surface area (Å²) in [6, 6.07) is -0.256. The fourth-order valence-electron chi connectivity index (χ4n) is 4.87. The molecular formula is C26H36N2O3S2. The van der Waals surface area contributed by atoms with Crippen molar-refractivity contribution in [3.8, 4) is 0 Å². The van der Waals surface area contributed by atoms with Crippen molar-refractivity contribution >= 4 is 39.7 Å². The fourth-order valence-corrected chi connectivity index (χ4v) is 7.50. The summed E-state index contributed by atoms with van der Waals surface area (Å²) in [6.07, 6.45) is 10.9. The van der Waals surface area contributed by atoms with Gasteiger partial charge in [-0.15, -0.1) is 22.7 Å². The molecule has 33 heavy (non-hydrogen) atoms. The van der Waals surface area contributed by atoms with Gasteiger partial charge in [0.1, 0.15) is 10.6 Å². The molecule has 0 saturated carbocycles. The number of carbonyl (C=O) groups is 2. The van der Waals surface area contributed by atoms with Gasteiger partial charge in [-0.2, -0.15) is 0 Å². The predicted molar refractivity (Wildman–Crippen MR) is 137 cm³/mol. The number of urea groups is 1. The molecule has 2 amide bonds. The SMILES string of the molecule is CCc1sc2c(c1CNC(=O)Nc1sc3c(c1C(=O)OC(C)(C)C)CCCCC3)CCCC2. The van der Waals surface area contributed by atoms with E-state index in [0.29, 0.717) is 17.1 Å². The van der Waals surface area contributed by atoms with Crippen molar-refractivity contribution in [3.63, 3.8) is 0 Å². The largest absolute Gasteiger partial charge is 0.456 e. The Bertz CT molecular complexity index is 1030. The van der Waals surface area contributed by atoms with Gasteiger partial charge in [-0.1, -0.05) is 13.3 Å². The first kappa shape index (κ1) is 24.3. The van der Waals surface area contributed by atoms with Crippen LogP contribution in [0.25, 0.3) is 0 Å². The number of nitrogens with one attached hydrogen (secondary N) is 2. The Morgan fingerprint density at radius 3 is 2.27 bits per heavy atom. The minimum Gasteiger partial charge on any atom is -0.456 e. The number of aryl methyl sites for hydroxylation is 3. The summed E-state index contributed by atoms with van der Waals surface area (Å²) < 4.78 is 5.72. The highest BCUT2D eigenvalue weighted by Crippen LogP contribution is 2.39. The highest BCUT2D eigenvalue weighted by molar-refractivity contribution is 7.17. The molecule has 0 saturated heterocycles. The smallest absolute Gasteiger partial charge is 0.341 e. The molecule has 2 aliphatic carbocycles. The van der Waals surface area contributed by atoms with Gasteiger partial charge in [0.05, 0.1) is 5.56 Å². The molecule has 0 aromatic carbocycles. The molecular weight excluding hydrogens is 452 g/mol. The average molecular weight is 489 g/mol. The van der Waals surface area contributed by atoms with Crippen molar-refractivity contribution < 1.29 is 14.3 Å². The Balaban J connectivity index is 1.52. The number of fused-ring (bicyclic) bond motifs is 2. The monoisotopic (exact) mass is 488 g/mol. The summed E-state index contributed by atoms with van der Waals surface area (Å²) in [5.41, 5.74) is 3.82. The summed E-state index contributed by atoms with van der Waals surface area (Å²) in [6.45, 7) is 8.36. The lowest BCUT2D eigenvalue weighted by Gasteiger charge is -2.20. The average Bonchev–Trinajstić information content (AvgIpc) is 3.19. The Hall–Kier alpha value is -1.86. The number of hydrogen-bond donors (Lipinski definition) is 2. The second-order valence-corrected chi connectivity index (χ2v) is 12.3. The highest BCUT2D eigenvalue weighted by Gasteiger charge is 2.29. The number of thiophene rings is 2. The minimum absolute atomic E-state index is 0.256. The van der Waals surface area contributed by atoms with Crippen molar-refractivity contribution in [1.82, 2.24) is 5.32 Å². The second kappa shape index (κ2) is 10.2. The van der Waals surface area contributed by atoms with Crippen LogP contribution in [0.4, 0.5) is 9.80 Å². The van der Waals surface area contributed by atoms with Crippen LogP contribution in [0.15, 0.2) is 0 Å². The van der Waals surface area contributed by atoms with E-state index in [1.807, 2.05) is 32.1 Å². The van der Waals surface area contributed by atoms with Crippen molar-refractivity contribution in [2.45, 2.75) is 104 Å². The van der Waals surface area contributed by atoms with Crippen LogP contribution in [0, 0.1) is 0 Å². The first-order chi connectivity index (χ1) is 15.8. The normalized spacial score (nSPS) is 15.9. The maximum absolute atomic E-state index is 13.1. The lowest BCUT2D eigenvalue weighted by molar-refractivity contribution is 0.00700. The van der Waals surface area contributed by atoms with Gasteiger partial charge in [0.15, 0.2) is 0 Å². The van der Waals surface area contributed by atoms with E-state index < -0.39 is 5.60 Å².